The Kier molecular flexibility index (Phi) is 4.59. The van der Waals surface area contributed by atoms with Crippen LogP contribution >= 0.6 is 27.5 Å². The first-order valence-electron chi connectivity index (χ1n) is 4.12. The lowest BCUT2D eigenvalue weighted by Crippen LogP contribution is -1.84. The van der Waals surface area contributed by atoms with Crippen molar-refractivity contribution in [2.45, 2.75) is 0 Å². The van der Waals surface area contributed by atoms with Crippen molar-refractivity contribution < 1.29 is 9.90 Å². The van der Waals surface area contributed by atoms with E-state index in [4.69, 9.17) is 16.7 Å². The first-order chi connectivity index (χ1) is 7.09. The smallest absolute Gasteiger partial charge is 0.328 e. The molecule has 1 rings (SSSR count). The molecule has 0 aliphatic heterocycles. The number of benzene rings is 1. The van der Waals surface area contributed by atoms with Gasteiger partial charge in [0.05, 0.1) is 0 Å². The summed E-state index contributed by atoms with van der Waals surface area (Å²) in [5.41, 5.74) is 0.939. The lowest BCUT2D eigenvalue weighted by molar-refractivity contribution is -0.131. The molecule has 0 unspecified atom stereocenters. The molecule has 0 spiro atoms. The van der Waals surface area contributed by atoms with Crippen molar-refractivity contribution in [3.8, 4) is 0 Å². The minimum Gasteiger partial charge on any atom is -0.478 e. The third-order valence-corrected chi connectivity index (χ3v) is 2.58. The van der Waals surface area contributed by atoms with Crippen LogP contribution in [0.1, 0.15) is 5.56 Å². The van der Waals surface area contributed by atoms with Gasteiger partial charge >= 0.3 is 5.97 Å². The van der Waals surface area contributed by atoms with E-state index in [0.717, 1.165) is 16.1 Å². The molecule has 0 aliphatic rings. The first-order valence-corrected chi connectivity index (χ1v) is 5.29. The molecule has 4 heteroatoms. The summed E-state index contributed by atoms with van der Waals surface area (Å²) in [5, 5.41) is 9.05. The number of aliphatic carboxylic acids is 1. The fraction of sp³-hybridized carbons (Fsp3) is 0. The second-order valence-electron chi connectivity index (χ2n) is 2.72. The van der Waals surface area contributed by atoms with Gasteiger partial charge in [0.1, 0.15) is 0 Å². The quantitative estimate of drug-likeness (QED) is 0.679. The Balaban J connectivity index is 2.80. The molecule has 0 atom stereocenters. The van der Waals surface area contributed by atoms with E-state index < -0.39 is 5.97 Å². The minimum atomic E-state index is -0.970. The molecule has 0 fully saturated rings. The Bertz CT molecular complexity index is 407. The summed E-state index contributed by atoms with van der Waals surface area (Å²) in [5.74, 6) is -0.970. The largest absolute Gasteiger partial charge is 0.478 e. The van der Waals surface area contributed by atoms with Gasteiger partial charge in [-0.05, 0) is 23.8 Å². The van der Waals surface area contributed by atoms with E-state index in [1.807, 2.05) is 12.1 Å². The van der Waals surface area contributed by atoms with Crippen molar-refractivity contribution >= 4 is 38.0 Å². The van der Waals surface area contributed by atoms with Crippen LogP contribution in [0.2, 0.25) is 5.02 Å². The molecule has 78 valence electrons. The first kappa shape index (κ1) is 12.0. The van der Waals surface area contributed by atoms with Crippen LogP contribution < -0.4 is 0 Å². The van der Waals surface area contributed by atoms with Gasteiger partial charge in [-0.2, -0.15) is 0 Å². The number of halogens is 2. The highest BCUT2D eigenvalue weighted by molar-refractivity contribution is 9.15. The zero-order valence-electron chi connectivity index (χ0n) is 7.65. The Morgan fingerprint density at radius 1 is 1.33 bits per heavy atom. The Labute approximate surface area is 101 Å². The van der Waals surface area contributed by atoms with E-state index in [2.05, 4.69) is 15.9 Å². The molecule has 2 nitrogen and oxygen atoms in total. The number of rotatable bonds is 3. The van der Waals surface area contributed by atoms with E-state index in [-0.39, 0.29) is 0 Å². The number of hydrogen-bond acceptors (Lipinski definition) is 1. The minimum absolute atomic E-state index is 0.667. The zero-order chi connectivity index (χ0) is 11.3. The molecule has 1 aromatic rings. The molecule has 0 amide bonds. The molecular formula is C11H8BrClO2. The average Bonchev–Trinajstić information content (AvgIpc) is 2.18. The number of allylic oxidation sites excluding steroid dienone is 2. The van der Waals surface area contributed by atoms with Crippen LogP contribution in [-0.2, 0) is 4.79 Å². The van der Waals surface area contributed by atoms with Gasteiger partial charge in [-0.1, -0.05) is 45.7 Å². The summed E-state index contributed by atoms with van der Waals surface area (Å²) in [4.78, 5) is 10.2. The molecule has 1 N–H and O–H groups in total. The lowest BCUT2D eigenvalue weighted by Gasteiger charge is -1.97. The van der Waals surface area contributed by atoms with Crippen LogP contribution in [0, 0.1) is 0 Å². The maximum Gasteiger partial charge on any atom is 0.328 e. The predicted octanol–water partition coefficient (Wildman–Crippen LogP) is 3.72. The maximum atomic E-state index is 10.2. The third kappa shape index (κ3) is 4.32. The van der Waals surface area contributed by atoms with E-state index in [1.54, 1.807) is 18.2 Å². The summed E-state index contributed by atoms with van der Waals surface area (Å²) in [6.45, 7) is 0. The molecular weight excluding hydrogens is 279 g/mol. The van der Waals surface area contributed by atoms with E-state index in [1.165, 1.54) is 6.08 Å². The van der Waals surface area contributed by atoms with E-state index in [0.29, 0.717) is 5.02 Å². The van der Waals surface area contributed by atoms with Crippen molar-refractivity contribution in [3.63, 3.8) is 0 Å². The van der Waals surface area contributed by atoms with Gasteiger partial charge in [0.2, 0.25) is 0 Å². The van der Waals surface area contributed by atoms with Gasteiger partial charge in [0, 0.05) is 15.6 Å². The Morgan fingerprint density at radius 3 is 2.47 bits per heavy atom. The number of carboxylic acids is 1. The van der Waals surface area contributed by atoms with Gasteiger partial charge in [-0.25, -0.2) is 4.79 Å². The van der Waals surface area contributed by atoms with Crippen LogP contribution in [-0.4, -0.2) is 11.1 Å². The van der Waals surface area contributed by atoms with Crippen molar-refractivity contribution in [2.75, 3.05) is 0 Å². The average molecular weight is 288 g/mol. The highest BCUT2D eigenvalue weighted by Crippen LogP contribution is 2.22. The number of hydrogen-bond donors (Lipinski definition) is 1. The second-order valence-corrected chi connectivity index (χ2v) is 4.01. The molecule has 0 radical (unpaired) electrons. The standard InChI is InChI=1S/C11H8BrClO2/c12-10(2-1-3-11(14)15)8-4-6-9(13)7-5-8/h1-7H,(H,14,15). The maximum absolute atomic E-state index is 10.2. The van der Waals surface area contributed by atoms with Crippen LogP contribution in [0.4, 0.5) is 0 Å². The van der Waals surface area contributed by atoms with Gasteiger partial charge in [-0.3, -0.25) is 0 Å². The Hall–Kier alpha value is -1.06. The molecule has 0 bridgehead atoms. The van der Waals surface area contributed by atoms with Crippen molar-refractivity contribution in [1.29, 1.82) is 0 Å². The summed E-state index contributed by atoms with van der Waals surface area (Å²) in [7, 11) is 0. The number of carbonyl (C=O) groups is 1. The van der Waals surface area contributed by atoms with Gasteiger partial charge in [-0.15, -0.1) is 0 Å². The van der Waals surface area contributed by atoms with Crippen LogP contribution in [0.3, 0.4) is 0 Å². The molecule has 15 heavy (non-hydrogen) atoms. The highest BCUT2D eigenvalue weighted by atomic mass is 79.9. The van der Waals surface area contributed by atoms with Crippen molar-refractivity contribution in [2.24, 2.45) is 0 Å². The number of carboxylic acid groups (broad SMARTS) is 1. The molecule has 0 heterocycles. The third-order valence-electron chi connectivity index (χ3n) is 1.60. The predicted molar refractivity (Wildman–Crippen MR) is 65.1 cm³/mol. The molecule has 0 aliphatic carbocycles. The lowest BCUT2D eigenvalue weighted by atomic mass is 10.2. The SMILES string of the molecule is O=C(O)C=CC=C(Br)c1ccc(Cl)cc1. The monoisotopic (exact) mass is 286 g/mol. The second kappa shape index (κ2) is 5.73. The highest BCUT2D eigenvalue weighted by Gasteiger charge is 1.95. The molecule has 1 aromatic carbocycles. The van der Waals surface area contributed by atoms with Crippen molar-refractivity contribution in [3.05, 3.63) is 53.1 Å². The summed E-state index contributed by atoms with van der Waals surface area (Å²) in [6.07, 6.45) is 4.19. The molecule has 0 saturated carbocycles. The van der Waals surface area contributed by atoms with Crippen LogP contribution in [0.5, 0.6) is 0 Å². The molecule has 0 saturated heterocycles. The summed E-state index contributed by atoms with van der Waals surface area (Å²) < 4.78 is 0.802. The van der Waals surface area contributed by atoms with Crippen LogP contribution in [0.25, 0.3) is 4.48 Å². The zero-order valence-corrected chi connectivity index (χ0v) is 9.99. The van der Waals surface area contributed by atoms with E-state index in [9.17, 15) is 4.79 Å². The van der Waals surface area contributed by atoms with Gasteiger partial charge in [0.15, 0.2) is 0 Å². The normalized spacial score (nSPS) is 12.0. The summed E-state index contributed by atoms with van der Waals surface area (Å²) in [6, 6.07) is 7.23. The fourth-order valence-electron chi connectivity index (χ4n) is 0.920. The fourth-order valence-corrected chi connectivity index (χ4v) is 1.46. The Morgan fingerprint density at radius 2 is 1.93 bits per heavy atom. The van der Waals surface area contributed by atoms with Gasteiger partial charge < -0.3 is 5.11 Å². The molecule has 0 aromatic heterocycles. The van der Waals surface area contributed by atoms with Gasteiger partial charge in [0.25, 0.3) is 0 Å². The van der Waals surface area contributed by atoms with Crippen LogP contribution in [0.15, 0.2) is 42.5 Å². The topological polar surface area (TPSA) is 37.3 Å². The van der Waals surface area contributed by atoms with Crippen molar-refractivity contribution in [1.82, 2.24) is 0 Å². The summed E-state index contributed by atoms with van der Waals surface area (Å²) >= 11 is 9.07. The van der Waals surface area contributed by atoms with E-state index >= 15 is 0 Å².